The van der Waals surface area contributed by atoms with Crippen molar-refractivity contribution >= 4 is 33.3 Å². The van der Waals surface area contributed by atoms with Crippen molar-refractivity contribution in [3.8, 4) is 0 Å². The van der Waals surface area contributed by atoms with E-state index < -0.39 is 33.1 Å². The van der Waals surface area contributed by atoms with Gasteiger partial charge in [-0.2, -0.15) is 0 Å². The molecule has 0 spiro atoms. The van der Waals surface area contributed by atoms with Crippen molar-refractivity contribution in [1.29, 1.82) is 0 Å². The number of aromatic carboxylic acids is 1. The maximum absolute atomic E-state index is 13.5. The normalized spacial score (nSPS) is 11.1. The van der Waals surface area contributed by atoms with Gasteiger partial charge in [-0.1, -0.05) is 17.7 Å². The summed E-state index contributed by atoms with van der Waals surface area (Å²) < 4.78 is 39.8. The summed E-state index contributed by atoms with van der Waals surface area (Å²) in [6, 6.07) is 5.78. The van der Waals surface area contributed by atoms with Crippen molar-refractivity contribution in [2.45, 2.75) is 4.90 Å². The van der Waals surface area contributed by atoms with Crippen molar-refractivity contribution < 1.29 is 22.7 Å². The first-order chi connectivity index (χ1) is 9.83. The summed E-state index contributed by atoms with van der Waals surface area (Å²) in [4.78, 5) is 14.3. The summed E-state index contributed by atoms with van der Waals surface area (Å²) >= 11 is 5.69. The van der Waals surface area contributed by atoms with Gasteiger partial charge >= 0.3 is 5.97 Å². The fourth-order valence-corrected chi connectivity index (χ4v) is 3.12. The second-order valence-electron chi connectivity index (χ2n) is 3.87. The highest BCUT2D eigenvalue weighted by Crippen LogP contribution is 2.25. The Bertz CT molecular complexity index is 811. The van der Waals surface area contributed by atoms with Crippen LogP contribution in [0.25, 0.3) is 0 Å². The second-order valence-corrected chi connectivity index (χ2v) is 5.87. The Hall–Kier alpha value is -2.19. The number of carbonyl (C=O) groups is 1. The molecule has 110 valence electrons. The molecular formula is C12H8ClFN2O4S. The molecular weight excluding hydrogens is 323 g/mol. The van der Waals surface area contributed by atoms with E-state index in [1.165, 1.54) is 24.4 Å². The van der Waals surface area contributed by atoms with Crippen LogP contribution in [0.3, 0.4) is 0 Å². The minimum Gasteiger partial charge on any atom is -0.478 e. The number of hydrogen-bond acceptors (Lipinski definition) is 4. The van der Waals surface area contributed by atoms with Gasteiger partial charge in [0.05, 0.1) is 5.69 Å². The van der Waals surface area contributed by atoms with E-state index in [1.54, 1.807) is 0 Å². The van der Waals surface area contributed by atoms with Gasteiger partial charge in [0.25, 0.3) is 10.0 Å². The molecule has 1 aromatic carbocycles. The highest BCUT2D eigenvalue weighted by Gasteiger charge is 2.23. The van der Waals surface area contributed by atoms with Gasteiger partial charge in [-0.05, 0) is 24.3 Å². The highest BCUT2D eigenvalue weighted by atomic mass is 35.5. The Morgan fingerprint density at radius 3 is 2.62 bits per heavy atom. The van der Waals surface area contributed by atoms with E-state index in [-0.39, 0.29) is 10.0 Å². The van der Waals surface area contributed by atoms with E-state index in [4.69, 9.17) is 16.7 Å². The molecule has 0 amide bonds. The summed E-state index contributed by atoms with van der Waals surface area (Å²) in [5.74, 6) is -2.65. The first-order valence-corrected chi connectivity index (χ1v) is 7.34. The minimum absolute atomic E-state index is 0.279. The zero-order chi connectivity index (χ0) is 15.6. The maximum Gasteiger partial charge on any atom is 0.340 e. The zero-order valence-corrected chi connectivity index (χ0v) is 11.8. The van der Waals surface area contributed by atoms with Gasteiger partial charge in [-0.25, -0.2) is 22.6 Å². The Morgan fingerprint density at radius 1 is 1.29 bits per heavy atom. The van der Waals surface area contributed by atoms with Crippen LogP contribution in [-0.2, 0) is 10.0 Å². The smallest absolute Gasteiger partial charge is 0.340 e. The average Bonchev–Trinajstić information content (AvgIpc) is 2.38. The van der Waals surface area contributed by atoms with Crippen molar-refractivity contribution in [3.05, 3.63) is 53.1 Å². The molecule has 0 saturated carbocycles. The summed E-state index contributed by atoms with van der Waals surface area (Å²) in [6.45, 7) is 0. The Balaban J connectivity index is 2.50. The number of sulfonamides is 1. The molecule has 0 bridgehead atoms. The van der Waals surface area contributed by atoms with E-state index in [9.17, 15) is 17.6 Å². The molecule has 0 atom stereocenters. The van der Waals surface area contributed by atoms with Crippen molar-refractivity contribution in [2.24, 2.45) is 0 Å². The molecule has 21 heavy (non-hydrogen) atoms. The largest absolute Gasteiger partial charge is 0.478 e. The third-order valence-electron chi connectivity index (χ3n) is 2.49. The first kappa shape index (κ1) is 15.2. The first-order valence-electron chi connectivity index (χ1n) is 5.48. The molecule has 6 nitrogen and oxygen atoms in total. The maximum atomic E-state index is 13.5. The summed E-state index contributed by atoms with van der Waals surface area (Å²) in [5, 5.41) is 8.68. The van der Waals surface area contributed by atoms with E-state index >= 15 is 0 Å². The lowest BCUT2D eigenvalue weighted by Gasteiger charge is -2.11. The number of nitrogens with one attached hydrogen (secondary N) is 1. The monoisotopic (exact) mass is 330 g/mol. The summed E-state index contributed by atoms with van der Waals surface area (Å²) in [5.41, 5.74) is -1.18. The molecule has 0 aliphatic heterocycles. The SMILES string of the molecule is O=C(O)c1c(F)cccc1NS(=O)(=O)c1cccnc1Cl. The van der Waals surface area contributed by atoms with E-state index in [1.807, 2.05) is 4.72 Å². The molecule has 0 fully saturated rings. The summed E-state index contributed by atoms with van der Waals surface area (Å²) in [6.07, 6.45) is 1.30. The fraction of sp³-hybridized carbons (Fsp3) is 0. The van der Waals surface area contributed by atoms with E-state index in [0.29, 0.717) is 0 Å². The number of carboxylic acids is 1. The van der Waals surface area contributed by atoms with Gasteiger partial charge in [0.1, 0.15) is 21.4 Å². The molecule has 1 heterocycles. The quantitative estimate of drug-likeness (QED) is 0.839. The van der Waals surface area contributed by atoms with Crippen LogP contribution in [0, 0.1) is 5.82 Å². The third kappa shape index (κ3) is 3.11. The second kappa shape index (κ2) is 5.66. The molecule has 2 aromatic rings. The number of pyridine rings is 1. The predicted molar refractivity (Wildman–Crippen MR) is 73.4 cm³/mol. The van der Waals surface area contributed by atoms with Gasteiger partial charge < -0.3 is 5.11 Å². The van der Waals surface area contributed by atoms with Gasteiger partial charge in [-0.3, -0.25) is 4.72 Å². The lowest BCUT2D eigenvalue weighted by atomic mass is 10.2. The van der Waals surface area contributed by atoms with Crippen LogP contribution in [0.15, 0.2) is 41.4 Å². The standard InChI is InChI=1S/C12H8ClFN2O4S/c13-11-9(5-2-6-15-11)21(19,20)16-8-4-1-3-7(14)10(8)12(17)18/h1-6,16H,(H,17,18). The van der Waals surface area contributed by atoms with Crippen LogP contribution >= 0.6 is 11.6 Å². The third-order valence-corrected chi connectivity index (χ3v) is 4.30. The van der Waals surface area contributed by atoms with Crippen LogP contribution in [-0.4, -0.2) is 24.5 Å². The van der Waals surface area contributed by atoms with Crippen LogP contribution < -0.4 is 4.72 Å². The number of aromatic nitrogens is 1. The Labute approximate surface area is 124 Å². The minimum atomic E-state index is -4.19. The molecule has 2 rings (SSSR count). The number of anilines is 1. The van der Waals surface area contributed by atoms with E-state index in [2.05, 4.69) is 4.98 Å². The molecule has 2 N–H and O–H groups in total. The topological polar surface area (TPSA) is 96.4 Å². The van der Waals surface area contributed by atoms with Crippen molar-refractivity contribution in [3.63, 3.8) is 0 Å². The van der Waals surface area contributed by atoms with Crippen LogP contribution in [0.1, 0.15) is 10.4 Å². The average molecular weight is 331 g/mol. The van der Waals surface area contributed by atoms with Gasteiger partial charge in [0.15, 0.2) is 0 Å². The van der Waals surface area contributed by atoms with Crippen molar-refractivity contribution in [2.75, 3.05) is 4.72 Å². The Morgan fingerprint density at radius 2 is 2.00 bits per heavy atom. The van der Waals surface area contributed by atoms with Crippen molar-refractivity contribution in [1.82, 2.24) is 4.98 Å². The summed E-state index contributed by atoms with van der Waals surface area (Å²) in [7, 11) is -4.19. The molecule has 0 unspecified atom stereocenters. The molecule has 9 heteroatoms. The van der Waals surface area contributed by atoms with Crippen LogP contribution in [0.5, 0.6) is 0 Å². The Kier molecular flexibility index (Phi) is 4.10. The number of hydrogen-bond donors (Lipinski definition) is 2. The van der Waals surface area contributed by atoms with Crippen LogP contribution in [0.4, 0.5) is 10.1 Å². The fourth-order valence-electron chi connectivity index (χ4n) is 1.60. The predicted octanol–water partition coefficient (Wildman–Crippen LogP) is 2.37. The number of nitrogens with zero attached hydrogens (tertiary/aromatic N) is 1. The van der Waals surface area contributed by atoms with Gasteiger partial charge in [0.2, 0.25) is 0 Å². The molecule has 0 aliphatic carbocycles. The van der Waals surface area contributed by atoms with Gasteiger partial charge in [-0.15, -0.1) is 0 Å². The molecule has 0 aliphatic rings. The number of rotatable bonds is 4. The number of halogens is 2. The molecule has 0 radical (unpaired) electrons. The zero-order valence-electron chi connectivity index (χ0n) is 10.2. The van der Waals surface area contributed by atoms with Gasteiger partial charge in [0, 0.05) is 6.20 Å². The number of benzene rings is 1. The lowest BCUT2D eigenvalue weighted by Crippen LogP contribution is -2.17. The number of carboxylic acid groups (broad SMARTS) is 1. The molecule has 0 saturated heterocycles. The molecule has 1 aromatic heterocycles. The van der Waals surface area contributed by atoms with Crippen LogP contribution in [0.2, 0.25) is 5.15 Å². The lowest BCUT2D eigenvalue weighted by molar-refractivity contribution is 0.0693. The highest BCUT2D eigenvalue weighted by molar-refractivity contribution is 7.92. The van der Waals surface area contributed by atoms with E-state index in [0.717, 1.165) is 12.1 Å².